The van der Waals surface area contributed by atoms with Crippen LogP contribution in [0.25, 0.3) is 6.08 Å². The Kier molecular flexibility index (Phi) is 7.17. The van der Waals surface area contributed by atoms with E-state index in [-0.39, 0.29) is 5.91 Å². The first-order chi connectivity index (χ1) is 12.9. The van der Waals surface area contributed by atoms with Gasteiger partial charge in [0.1, 0.15) is 5.75 Å². The molecule has 2 aromatic rings. The number of para-hydroxylation sites is 1. The molecule has 2 rings (SSSR count). The highest BCUT2D eigenvalue weighted by atomic mass is 16.5. The molecule has 0 aliphatic carbocycles. The van der Waals surface area contributed by atoms with Gasteiger partial charge in [-0.05, 0) is 55.2 Å². The van der Waals surface area contributed by atoms with Crippen molar-refractivity contribution in [3.8, 4) is 5.75 Å². The molecule has 0 aromatic heterocycles. The van der Waals surface area contributed by atoms with Crippen LogP contribution in [0.4, 0.5) is 5.69 Å². The Balaban J connectivity index is 1.95. The summed E-state index contributed by atoms with van der Waals surface area (Å²) in [7, 11) is 1.59. The number of hydrogen-bond donors (Lipinski definition) is 1. The summed E-state index contributed by atoms with van der Waals surface area (Å²) < 4.78 is 10.3. The van der Waals surface area contributed by atoms with Crippen molar-refractivity contribution in [2.75, 3.05) is 12.4 Å². The number of carbonyl (C=O) groups is 2. The van der Waals surface area contributed by atoms with E-state index in [1.165, 1.54) is 6.08 Å². The van der Waals surface area contributed by atoms with Crippen molar-refractivity contribution in [3.05, 3.63) is 65.2 Å². The molecule has 0 saturated heterocycles. The summed E-state index contributed by atoms with van der Waals surface area (Å²) >= 11 is 0. The van der Waals surface area contributed by atoms with Crippen LogP contribution >= 0.6 is 0 Å². The largest absolute Gasteiger partial charge is 0.497 e. The Morgan fingerprint density at radius 3 is 2.48 bits per heavy atom. The molecule has 142 valence electrons. The zero-order chi connectivity index (χ0) is 19.8. The van der Waals surface area contributed by atoms with Gasteiger partial charge in [-0.2, -0.15) is 0 Å². The van der Waals surface area contributed by atoms with Crippen molar-refractivity contribution >= 4 is 23.6 Å². The first-order valence-corrected chi connectivity index (χ1v) is 8.86. The van der Waals surface area contributed by atoms with Gasteiger partial charge in [0.25, 0.3) is 5.91 Å². The van der Waals surface area contributed by atoms with E-state index >= 15 is 0 Å². The van der Waals surface area contributed by atoms with Gasteiger partial charge in [-0.3, -0.25) is 4.79 Å². The van der Waals surface area contributed by atoms with Crippen molar-refractivity contribution in [1.82, 2.24) is 0 Å². The SMILES string of the molecule is CCc1cccc(C)c1NC(=O)[C@@H](C)OC(=O)C=Cc1ccc(OC)cc1. The molecule has 0 fully saturated rings. The first-order valence-electron chi connectivity index (χ1n) is 8.86. The molecule has 5 heteroatoms. The quantitative estimate of drug-likeness (QED) is 0.590. The van der Waals surface area contributed by atoms with Crippen LogP contribution in [0.5, 0.6) is 5.75 Å². The summed E-state index contributed by atoms with van der Waals surface area (Å²) in [5, 5.41) is 2.87. The third-order valence-electron chi connectivity index (χ3n) is 4.18. The van der Waals surface area contributed by atoms with Crippen LogP contribution in [0.2, 0.25) is 0 Å². The maximum Gasteiger partial charge on any atom is 0.331 e. The van der Waals surface area contributed by atoms with Crippen LogP contribution in [-0.2, 0) is 20.7 Å². The average Bonchev–Trinajstić information content (AvgIpc) is 2.68. The van der Waals surface area contributed by atoms with Crippen molar-refractivity contribution in [2.24, 2.45) is 0 Å². The molecule has 0 spiro atoms. The van der Waals surface area contributed by atoms with E-state index in [4.69, 9.17) is 9.47 Å². The fraction of sp³-hybridized carbons (Fsp3) is 0.273. The topological polar surface area (TPSA) is 64.6 Å². The molecule has 1 atom stereocenters. The van der Waals surface area contributed by atoms with Crippen LogP contribution in [0, 0.1) is 6.92 Å². The lowest BCUT2D eigenvalue weighted by Crippen LogP contribution is -2.30. The highest BCUT2D eigenvalue weighted by Crippen LogP contribution is 2.21. The Bertz CT molecular complexity index is 825. The Morgan fingerprint density at radius 1 is 1.15 bits per heavy atom. The van der Waals surface area contributed by atoms with Crippen molar-refractivity contribution in [1.29, 1.82) is 0 Å². The second kappa shape index (κ2) is 9.57. The van der Waals surface area contributed by atoms with Gasteiger partial charge in [-0.1, -0.05) is 37.3 Å². The maximum atomic E-state index is 12.4. The van der Waals surface area contributed by atoms with Crippen molar-refractivity contribution in [2.45, 2.75) is 33.3 Å². The van der Waals surface area contributed by atoms with Gasteiger partial charge in [-0.15, -0.1) is 0 Å². The average molecular weight is 367 g/mol. The predicted octanol–water partition coefficient (Wildman–Crippen LogP) is 4.15. The smallest absolute Gasteiger partial charge is 0.331 e. The minimum absolute atomic E-state index is 0.356. The molecule has 1 amide bonds. The maximum absolute atomic E-state index is 12.4. The second-order valence-corrected chi connectivity index (χ2v) is 6.14. The molecule has 0 saturated carbocycles. The van der Waals surface area contributed by atoms with Crippen molar-refractivity contribution < 1.29 is 19.1 Å². The highest BCUT2D eigenvalue weighted by molar-refractivity contribution is 5.97. The fourth-order valence-electron chi connectivity index (χ4n) is 2.57. The number of amides is 1. The lowest BCUT2D eigenvalue weighted by Gasteiger charge is -2.16. The predicted molar refractivity (Wildman–Crippen MR) is 107 cm³/mol. The minimum Gasteiger partial charge on any atom is -0.497 e. The molecule has 27 heavy (non-hydrogen) atoms. The van der Waals surface area contributed by atoms with Crippen LogP contribution in [-0.4, -0.2) is 25.1 Å². The summed E-state index contributed by atoms with van der Waals surface area (Å²) in [5.74, 6) is -0.193. The Hall–Kier alpha value is -3.08. The number of nitrogens with one attached hydrogen (secondary N) is 1. The molecule has 0 radical (unpaired) electrons. The van der Waals surface area contributed by atoms with Gasteiger partial charge in [0.15, 0.2) is 6.10 Å². The lowest BCUT2D eigenvalue weighted by atomic mass is 10.1. The number of aryl methyl sites for hydroxylation is 2. The van der Waals surface area contributed by atoms with E-state index in [1.54, 1.807) is 32.2 Å². The number of ether oxygens (including phenoxy) is 2. The van der Waals surface area contributed by atoms with Gasteiger partial charge in [0.05, 0.1) is 7.11 Å². The summed E-state index contributed by atoms with van der Waals surface area (Å²) in [4.78, 5) is 24.4. The van der Waals surface area contributed by atoms with Crippen LogP contribution in [0.15, 0.2) is 48.5 Å². The molecule has 1 N–H and O–H groups in total. The van der Waals surface area contributed by atoms with E-state index < -0.39 is 12.1 Å². The van der Waals surface area contributed by atoms with Crippen molar-refractivity contribution in [3.63, 3.8) is 0 Å². The summed E-state index contributed by atoms with van der Waals surface area (Å²) in [6, 6.07) is 13.1. The first kappa shape index (κ1) is 20.2. The van der Waals surface area contributed by atoms with E-state index in [0.29, 0.717) is 0 Å². The summed E-state index contributed by atoms with van der Waals surface area (Å²) in [5.41, 5.74) is 3.63. The second-order valence-electron chi connectivity index (χ2n) is 6.14. The minimum atomic E-state index is -0.901. The Labute approximate surface area is 160 Å². The number of benzene rings is 2. The molecular weight excluding hydrogens is 342 g/mol. The molecule has 0 heterocycles. The standard InChI is InChI=1S/C22H25NO4/c1-5-18-8-6-7-15(2)21(18)23-22(25)16(3)27-20(24)14-11-17-9-12-19(26-4)13-10-17/h6-14,16H,5H2,1-4H3,(H,23,25)/t16-/m1/s1. The van der Waals surface area contributed by atoms with E-state index in [9.17, 15) is 9.59 Å². The zero-order valence-corrected chi connectivity index (χ0v) is 16.1. The zero-order valence-electron chi connectivity index (χ0n) is 16.1. The van der Waals surface area contributed by atoms with Gasteiger partial charge < -0.3 is 14.8 Å². The fourth-order valence-corrected chi connectivity index (χ4v) is 2.57. The number of carbonyl (C=O) groups excluding carboxylic acids is 2. The third kappa shape index (κ3) is 5.71. The molecule has 0 bridgehead atoms. The summed E-state index contributed by atoms with van der Waals surface area (Å²) in [6.45, 7) is 5.51. The van der Waals surface area contributed by atoms with Gasteiger partial charge in [-0.25, -0.2) is 4.79 Å². The van der Waals surface area contributed by atoms with Crippen LogP contribution in [0.1, 0.15) is 30.5 Å². The number of hydrogen-bond acceptors (Lipinski definition) is 4. The molecule has 2 aromatic carbocycles. The normalized spacial score (nSPS) is 11.9. The molecule has 0 aliphatic heterocycles. The summed E-state index contributed by atoms with van der Waals surface area (Å²) in [6.07, 6.45) is 2.83. The molecule has 0 aliphatic rings. The van der Waals surface area contributed by atoms with Crippen LogP contribution in [0.3, 0.4) is 0 Å². The van der Waals surface area contributed by atoms with Crippen LogP contribution < -0.4 is 10.1 Å². The van der Waals surface area contributed by atoms with Gasteiger partial charge >= 0.3 is 5.97 Å². The number of methoxy groups -OCH3 is 1. The Morgan fingerprint density at radius 2 is 1.85 bits per heavy atom. The highest BCUT2D eigenvalue weighted by Gasteiger charge is 2.18. The number of esters is 1. The molecular formula is C22H25NO4. The molecule has 0 unspecified atom stereocenters. The van der Waals surface area contributed by atoms with E-state index in [2.05, 4.69) is 5.32 Å². The van der Waals surface area contributed by atoms with E-state index in [0.717, 1.165) is 34.5 Å². The monoisotopic (exact) mass is 367 g/mol. The van der Waals surface area contributed by atoms with Gasteiger partial charge in [0, 0.05) is 11.8 Å². The molecule has 5 nitrogen and oxygen atoms in total. The van der Waals surface area contributed by atoms with Gasteiger partial charge in [0.2, 0.25) is 0 Å². The number of anilines is 1. The van der Waals surface area contributed by atoms with E-state index in [1.807, 2.05) is 44.2 Å². The lowest BCUT2D eigenvalue weighted by molar-refractivity contribution is -0.148. The number of rotatable bonds is 7. The third-order valence-corrected chi connectivity index (χ3v) is 4.18.